The van der Waals surface area contributed by atoms with E-state index >= 15 is 0 Å². The Balaban J connectivity index is 1.45. The van der Waals surface area contributed by atoms with Gasteiger partial charge in [0.15, 0.2) is 5.84 Å². The zero-order chi connectivity index (χ0) is 25.1. The molecule has 0 aromatic heterocycles. The van der Waals surface area contributed by atoms with E-state index in [4.69, 9.17) is 5.10 Å². The van der Waals surface area contributed by atoms with E-state index in [0.717, 1.165) is 29.9 Å². The van der Waals surface area contributed by atoms with Gasteiger partial charge in [-0.05, 0) is 52.6 Å². The summed E-state index contributed by atoms with van der Waals surface area (Å²) < 4.78 is 0. The van der Waals surface area contributed by atoms with E-state index in [9.17, 15) is 0 Å². The van der Waals surface area contributed by atoms with Gasteiger partial charge in [-0.15, -0.1) is 0 Å². The van der Waals surface area contributed by atoms with Crippen LogP contribution < -0.4 is 4.90 Å². The van der Waals surface area contributed by atoms with Crippen molar-refractivity contribution in [1.82, 2.24) is 5.01 Å². The lowest BCUT2D eigenvalue weighted by atomic mass is 9.88. The molecule has 1 aliphatic heterocycles. The molecule has 0 radical (unpaired) electrons. The largest absolute Gasteiger partial charge is 0.298 e. The number of hydrogen-bond donors (Lipinski definition) is 0. The molecule has 3 nitrogen and oxygen atoms in total. The van der Waals surface area contributed by atoms with Crippen molar-refractivity contribution in [3.63, 3.8) is 0 Å². The van der Waals surface area contributed by atoms with Gasteiger partial charge in [0, 0.05) is 18.3 Å². The van der Waals surface area contributed by atoms with Gasteiger partial charge in [-0.25, -0.2) is 0 Å². The van der Waals surface area contributed by atoms with Crippen LogP contribution in [0.1, 0.15) is 54.8 Å². The first kappa shape index (κ1) is 23.9. The van der Waals surface area contributed by atoms with Crippen molar-refractivity contribution in [3.8, 4) is 0 Å². The van der Waals surface area contributed by atoms with Gasteiger partial charge in [0.1, 0.15) is 6.17 Å². The molecule has 3 heteroatoms. The lowest BCUT2D eigenvalue weighted by Gasteiger charge is -2.31. The van der Waals surface area contributed by atoms with Crippen LogP contribution in [0.25, 0.3) is 0 Å². The summed E-state index contributed by atoms with van der Waals surface area (Å²) in [6, 6.07) is 39.1. The number of hydrogen-bond acceptors (Lipinski definition) is 3. The topological polar surface area (TPSA) is 18.8 Å². The third-order valence-electron chi connectivity index (χ3n) is 6.59. The number of para-hydroxylation sites is 1. The number of rotatable bonds is 6. The Kier molecular flexibility index (Phi) is 6.65. The minimum absolute atomic E-state index is 0.0116. The SMILES string of the molecule is CN1N=C(c2ccc(CC(C)(C)C)cc2)N(c2ccccc2)C1c1ccc(Cc2ccccc2)cc1. The predicted molar refractivity (Wildman–Crippen MR) is 151 cm³/mol. The lowest BCUT2D eigenvalue weighted by Crippen LogP contribution is -2.34. The first-order valence-electron chi connectivity index (χ1n) is 12.8. The normalized spacial score (nSPS) is 15.8. The molecule has 0 saturated carbocycles. The monoisotopic (exact) mass is 473 g/mol. The number of hydrazone groups is 1. The molecule has 1 aliphatic rings. The van der Waals surface area contributed by atoms with Crippen molar-refractivity contribution in [3.05, 3.63) is 137 Å². The number of benzene rings is 4. The fourth-order valence-corrected chi connectivity index (χ4v) is 4.97. The summed E-state index contributed by atoms with van der Waals surface area (Å²) in [4.78, 5) is 2.35. The third-order valence-corrected chi connectivity index (χ3v) is 6.59. The molecule has 0 spiro atoms. The fourth-order valence-electron chi connectivity index (χ4n) is 4.97. The molecule has 5 rings (SSSR count). The Morgan fingerprint density at radius 1 is 0.667 bits per heavy atom. The van der Waals surface area contributed by atoms with Gasteiger partial charge in [-0.1, -0.05) is 118 Å². The highest BCUT2D eigenvalue weighted by molar-refractivity contribution is 6.11. The van der Waals surface area contributed by atoms with Crippen LogP contribution in [-0.2, 0) is 12.8 Å². The van der Waals surface area contributed by atoms with Crippen LogP contribution in [0.4, 0.5) is 5.69 Å². The third kappa shape index (κ3) is 5.36. The summed E-state index contributed by atoms with van der Waals surface area (Å²) in [7, 11) is 2.07. The molecule has 4 aromatic rings. The molecule has 0 fully saturated rings. The molecule has 36 heavy (non-hydrogen) atoms. The summed E-state index contributed by atoms with van der Waals surface area (Å²) in [5.74, 6) is 0.976. The molecule has 0 N–H and O–H groups in total. The maximum atomic E-state index is 5.04. The smallest absolute Gasteiger partial charge is 0.162 e. The van der Waals surface area contributed by atoms with E-state index in [1.165, 1.54) is 22.3 Å². The zero-order valence-corrected chi connectivity index (χ0v) is 21.7. The van der Waals surface area contributed by atoms with Crippen molar-refractivity contribution in [2.45, 2.75) is 39.8 Å². The van der Waals surface area contributed by atoms with Crippen LogP contribution in [0.3, 0.4) is 0 Å². The van der Waals surface area contributed by atoms with Crippen molar-refractivity contribution in [2.24, 2.45) is 10.5 Å². The Morgan fingerprint density at radius 3 is 1.83 bits per heavy atom. The molecule has 0 amide bonds. The highest BCUT2D eigenvalue weighted by atomic mass is 15.6. The molecular weight excluding hydrogens is 438 g/mol. The standard InChI is InChI=1S/C33H35N3/c1-33(2,3)24-27-17-19-28(20-18-27)31-34-35(4)32(36(31)30-13-9-6-10-14-30)29-21-15-26(16-22-29)23-25-11-7-5-8-12-25/h5-22,32H,23-24H2,1-4H3. The van der Waals surface area contributed by atoms with Crippen LogP contribution in [0.2, 0.25) is 0 Å². The van der Waals surface area contributed by atoms with Gasteiger partial charge in [-0.2, -0.15) is 5.10 Å². The maximum Gasteiger partial charge on any atom is 0.162 e. The Bertz CT molecular complexity index is 1300. The molecule has 1 unspecified atom stereocenters. The molecule has 0 aliphatic carbocycles. The first-order valence-corrected chi connectivity index (χ1v) is 12.8. The van der Waals surface area contributed by atoms with Gasteiger partial charge >= 0.3 is 0 Å². The summed E-state index contributed by atoms with van der Waals surface area (Å²) >= 11 is 0. The van der Waals surface area contributed by atoms with Crippen LogP contribution in [0.5, 0.6) is 0 Å². The van der Waals surface area contributed by atoms with E-state index in [0.29, 0.717) is 0 Å². The van der Waals surface area contributed by atoms with E-state index in [1.54, 1.807) is 0 Å². The summed E-state index contributed by atoms with van der Waals surface area (Å²) in [6.45, 7) is 6.84. The van der Waals surface area contributed by atoms with Gasteiger partial charge < -0.3 is 0 Å². The second kappa shape index (κ2) is 10.0. The highest BCUT2D eigenvalue weighted by Gasteiger charge is 2.35. The van der Waals surface area contributed by atoms with Crippen LogP contribution >= 0.6 is 0 Å². The zero-order valence-electron chi connectivity index (χ0n) is 21.7. The average Bonchev–Trinajstić information content (AvgIpc) is 3.22. The van der Waals surface area contributed by atoms with Gasteiger partial charge in [0.05, 0.1) is 0 Å². The van der Waals surface area contributed by atoms with Crippen molar-refractivity contribution in [1.29, 1.82) is 0 Å². The van der Waals surface area contributed by atoms with Crippen LogP contribution in [0.15, 0.2) is 114 Å². The van der Waals surface area contributed by atoms with Crippen molar-refractivity contribution < 1.29 is 0 Å². The van der Waals surface area contributed by atoms with Gasteiger partial charge in [0.25, 0.3) is 0 Å². The summed E-state index contributed by atoms with van der Waals surface area (Å²) in [6.07, 6.45) is 1.98. The Labute approximate surface area is 215 Å². The predicted octanol–water partition coefficient (Wildman–Crippen LogP) is 7.68. The lowest BCUT2D eigenvalue weighted by molar-refractivity contribution is 0.290. The molecule has 4 aromatic carbocycles. The second-order valence-corrected chi connectivity index (χ2v) is 10.9. The fraction of sp³-hybridized carbons (Fsp3) is 0.242. The molecule has 0 saturated heterocycles. The minimum atomic E-state index is -0.0116. The van der Waals surface area contributed by atoms with E-state index in [-0.39, 0.29) is 11.6 Å². The van der Waals surface area contributed by atoms with Crippen molar-refractivity contribution >= 4 is 11.5 Å². The second-order valence-electron chi connectivity index (χ2n) is 10.9. The molecule has 0 bridgehead atoms. The Hall–Kier alpha value is -3.85. The maximum absolute atomic E-state index is 5.04. The van der Waals surface area contributed by atoms with Crippen molar-refractivity contribution in [2.75, 3.05) is 11.9 Å². The quantitative estimate of drug-likeness (QED) is 0.286. The summed E-state index contributed by atoms with van der Waals surface area (Å²) in [5.41, 5.74) is 7.75. The molecule has 1 atom stereocenters. The van der Waals surface area contributed by atoms with Crippen LogP contribution in [0, 0.1) is 5.41 Å². The number of anilines is 1. The molecular formula is C33H35N3. The first-order chi connectivity index (χ1) is 17.4. The van der Waals surface area contributed by atoms with E-state index < -0.39 is 0 Å². The van der Waals surface area contributed by atoms with E-state index in [1.807, 2.05) is 0 Å². The minimum Gasteiger partial charge on any atom is -0.298 e. The molecule has 182 valence electrons. The van der Waals surface area contributed by atoms with Crippen LogP contribution in [-0.4, -0.2) is 17.9 Å². The van der Waals surface area contributed by atoms with Gasteiger partial charge in [0.2, 0.25) is 0 Å². The van der Waals surface area contributed by atoms with Gasteiger partial charge in [-0.3, -0.25) is 9.91 Å². The Morgan fingerprint density at radius 2 is 1.22 bits per heavy atom. The number of nitrogens with zero attached hydrogens (tertiary/aromatic N) is 3. The number of amidine groups is 1. The highest BCUT2D eigenvalue weighted by Crippen LogP contribution is 2.36. The average molecular weight is 474 g/mol. The van der Waals surface area contributed by atoms with E-state index in [2.05, 4.69) is 147 Å². The molecule has 1 heterocycles. The summed E-state index contributed by atoms with van der Waals surface area (Å²) in [5, 5.41) is 7.13.